The zero-order valence-electron chi connectivity index (χ0n) is 8.61. The molecule has 3 rings (SSSR count). The minimum Gasteiger partial charge on any atom is -0.346 e. The zero-order valence-corrected chi connectivity index (χ0v) is 10.1. The molecule has 0 saturated heterocycles. The van der Waals surface area contributed by atoms with Crippen molar-refractivity contribution < 1.29 is 0 Å². The standard InChI is InChI=1S/C12H7Cl2N3/c13-9-4-2-1-3-7(9)12-16-10(14)8-5-6-15-11(8)17-12/h1-6H,(H,15,16,17). The first-order valence-electron chi connectivity index (χ1n) is 5.01. The Morgan fingerprint density at radius 3 is 2.65 bits per heavy atom. The summed E-state index contributed by atoms with van der Waals surface area (Å²) < 4.78 is 0. The quantitative estimate of drug-likeness (QED) is 0.676. The highest BCUT2D eigenvalue weighted by molar-refractivity contribution is 6.34. The number of nitrogens with zero attached hydrogens (tertiary/aromatic N) is 2. The minimum absolute atomic E-state index is 0.422. The van der Waals surface area contributed by atoms with Crippen molar-refractivity contribution in [3.05, 3.63) is 46.7 Å². The summed E-state index contributed by atoms with van der Waals surface area (Å²) >= 11 is 12.2. The van der Waals surface area contributed by atoms with Crippen molar-refractivity contribution in [2.24, 2.45) is 0 Å². The third-order valence-electron chi connectivity index (χ3n) is 2.48. The van der Waals surface area contributed by atoms with Gasteiger partial charge in [-0.2, -0.15) is 0 Å². The molecular weight excluding hydrogens is 257 g/mol. The second kappa shape index (κ2) is 4.02. The van der Waals surface area contributed by atoms with Gasteiger partial charge < -0.3 is 4.98 Å². The van der Waals surface area contributed by atoms with E-state index in [1.807, 2.05) is 24.3 Å². The van der Waals surface area contributed by atoms with Crippen molar-refractivity contribution in [1.82, 2.24) is 15.0 Å². The van der Waals surface area contributed by atoms with Crippen LogP contribution in [0.1, 0.15) is 0 Å². The van der Waals surface area contributed by atoms with Gasteiger partial charge in [0.25, 0.3) is 0 Å². The lowest BCUT2D eigenvalue weighted by Gasteiger charge is -2.03. The number of aromatic amines is 1. The number of hydrogen-bond acceptors (Lipinski definition) is 2. The monoisotopic (exact) mass is 263 g/mol. The molecule has 3 nitrogen and oxygen atoms in total. The van der Waals surface area contributed by atoms with Crippen molar-refractivity contribution in [2.45, 2.75) is 0 Å². The average molecular weight is 264 g/mol. The number of fused-ring (bicyclic) bond motifs is 1. The molecule has 2 heterocycles. The van der Waals surface area contributed by atoms with Gasteiger partial charge in [0.05, 0.1) is 10.4 Å². The summed E-state index contributed by atoms with van der Waals surface area (Å²) in [5.41, 5.74) is 1.48. The number of halogens is 2. The van der Waals surface area contributed by atoms with Gasteiger partial charge in [-0.3, -0.25) is 0 Å². The molecule has 0 aliphatic carbocycles. The van der Waals surface area contributed by atoms with E-state index < -0.39 is 0 Å². The predicted molar refractivity (Wildman–Crippen MR) is 69.3 cm³/mol. The van der Waals surface area contributed by atoms with Crippen molar-refractivity contribution in [3.63, 3.8) is 0 Å². The molecular formula is C12H7Cl2N3. The molecule has 5 heteroatoms. The fourth-order valence-electron chi connectivity index (χ4n) is 1.67. The topological polar surface area (TPSA) is 41.6 Å². The highest BCUT2D eigenvalue weighted by Crippen LogP contribution is 2.28. The first-order valence-corrected chi connectivity index (χ1v) is 5.77. The van der Waals surface area contributed by atoms with Crippen LogP contribution >= 0.6 is 23.2 Å². The van der Waals surface area contributed by atoms with Gasteiger partial charge in [0, 0.05) is 11.8 Å². The molecule has 0 saturated carbocycles. The van der Waals surface area contributed by atoms with Crippen LogP contribution in [0.15, 0.2) is 36.5 Å². The second-order valence-corrected chi connectivity index (χ2v) is 4.32. The minimum atomic E-state index is 0.422. The number of benzene rings is 1. The van der Waals surface area contributed by atoms with Gasteiger partial charge in [0.1, 0.15) is 10.8 Å². The summed E-state index contributed by atoms with van der Waals surface area (Å²) in [6.07, 6.45) is 1.78. The molecule has 0 atom stereocenters. The van der Waals surface area contributed by atoms with E-state index in [9.17, 15) is 0 Å². The molecule has 0 aliphatic rings. The molecule has 0 spiro atoms. The Kier molecular flexibility index (Phi) is 2.50. The third kappa shape index (κ3) is 1.77. The molecule has 17 heavy (non-hydrogen) atoms. The molecule has 0 unspecified atom stereocenters. The van der Waals surface area contributed by atoms with Crippen LogP contribution in [-0.4, -0.2) is 15.0 Å². The average Bonchev–Trinajstić information content (AvgIpc) is 2.78. The van der Waals surface area contributed by atoms with E-state index >= 15 is 0 Å². The summed E-state index contributed by atoms with van der Waals surface area (Å²) in [6.45, 7) is 0. The van der Waals surface area contributed by atoms with Gasteiger partial charge in [0.2, 0.25) is 0 Å². The molecule has 3 aromatic rings. The highest BCUT2D eigenvalue weighted by Gasteiger charge is 2.10. The van der Waals surface area contributed by atoms with Crippen molar-refractivity contribution in [3.8, 4) is 11.4 Å². The maximum absolute atomic E-state index is 6.10. The zero-order chi connectivity index (χ0) is 11.8. The van der Waals surface area contributed by atoms with E-state index in [0.29, 0.717) is 21.6 Å². The molecule has 0 amide bonds. The first-order chi connectivity index (χ1) is 8.25. The van der Waals surface area contributed by atoms with Crippen LogP contribution in [0.4, 0.5) is 0 Å². The molecule has 0 radical (unpaired) electrons. The number of H-pyrrole nitrogens is 1. The molecule has 0 fully saturated rings. The fraction of sp³-hybridized carbons (Fsp3) is 0. The summed E-state index contributed by atoms with van der Waals surface area (Å²) in [6, 6.07) is 9.25. The van der Waals surface area contributed by atoms with Gasteiger partial charge in [-0.15, -0.1) is 0 Å². The summed E-state index contributed by atoms with van der Waals surface area (Å²) in [7, 11) is 0. The first kappa shape index (κ1) is 10.6. The third-order valence-corrected chi connectivity index (χ3v) is 3.10. The maximum Gasteiger partial charge on any atom is 0.164 e. The number of aromatic nitrogens is 3. The Balaban J connectivity index is 2.28. The normalized spacial score (nSPS) is 10.9. The lowest BCUT2D eigenvalue weighted by Crippen LogP contribution is -1.91. The fourth-order valence-corrected chi connectivity index (χ4v) is 2.12. The molecule has 0 bridgehead atoms. The van der Waals surface area contributed by atoms with E-state index in [1.165, 1.54) is 0 Å². The number of hydrogen-bond donors (Lipinski definition) is 1. The van der Waals surface area contributed by atoms with Crippen molar-refractivity contribution in [2.75, 3.05) is 0 Å². The maximum atomic E-state index is 6.10. The van der Waals surface area contributed by atoms with E-state index in [0.717, 1.165) is 10.9 Å². The van der Waals surface area contributed by atoms with Crippen LogP contribution in [0.3, 0.4) is 0 Å². The summed E-state index contributed by atoms with van der Waals surface area (Å²) in [5.74, 6) is 0.524. The molecule has 84 valence electrons. The molecule has 1 N–H and O–H groups in total. The van der Waals surface area contributed by atoms with E-state index in [1.54, 1.807) is 12.3 Å². The number of rotatable bonds is 1. The van der Waals surface area contributed by atoms with Crippen LogP contribution in [0.2, 0.25) is 10.2 Å². The van der Waals surface area contributed by atoms with Gasteiger partial charge in [-0.1, -0.05) is 35.3 Å². The van der Waals surface area contributed by atoms with Crippen molar-refractivity contribution in [1.29, 1.82) is 0 Å². The Hall–Kier alpha value is -1.58. The summed E-state index contributed by atoms with van der Waals surface area (Å²) in [5, 5.41) is 1.84. The van der Waals surface area contributed by atoms with E-state index in [2.05, 4.69) is 15.0 Å². The predicted octanol–water partition coefficient (Wildman–Crippen LogP) is 3.93. The Morgan fingerprint density at radius 1 is 1.00 bits per heavy atom. The summed E-state index contributed by atoms with van der Waals surface area (Å²) in [4.78, 5) is 11.7. The van der Waals surface area contributed by atoms with Crippen LogP contribution in [-0.2, 0) is 0 Å². The van der Waals surface area contributed by atoms with Crippen LogP contribution < -0.4 is 0 Å². The molecule has 0 aliphatic heterocycles. The van der Waals surface area contributed by atoms with Crippen LogP contribution in [0, 0.1) is 0 Å². The van der Waals surface area contributed by atoms with Crippen molar-refractivity contribution >= 4 is 34.2 Å². The lowest BCUT2D eigenvalue weighted by molar-refractivity contribution is 1.21. The molecule has 2 aromatic heterocycles. The Bertz CT molecular complexity index is 691. The van der Waals surface area contributed by atoms with Crippen LogP contribution in [0.5, 0.6) is 0 Å². The SMILES string of the molecule is Clc1ccccc1-c1nc(Cl)c2cc[nH]c2n1. The second-order valence-electron chi connectivity index (χ2n) is 3.56. The largest absolute Gasteiger partial charge is 0.346 e. The Labute approximate surface area is 107 Å². The lowest BCUT2D eigenvalue weighted by atomic mass is 10.2. The van der Waals surface area contributed by atoms with Gasteiger partial charge in [-0.25, -0.2) is 9.97 Å². The van der Waals surface area contributed by atoms with E-state index in [4.69, 9.17) is 23.2 Å². The van der Waals surface area contributed by atoms with Gasteiger partial charge >= 0.3 is 0 Å². The highest BCUT2D eigenvalue weighted by atomic mass is 35.5. The number of nitrogens with one attached hydrogen (secondary N) is 1. The smallest absolute Gasteiger partial charge is 0.164 e. The van der Waals surface area contributed by atoms with Crippen LogP contribution in [0.25, 0.3) is 22.4 Å². The van der Waals surface area contributed by atoms with E-state index in [-0.39, 0.29) is 0 Å². The van der Waals surface area contributed by atoms with Gasteiger partial charge in [-0.05, 0) is 18.2 Å². The van der Waals surface area contributed by atoms with Gasteiger partial charge in [0.15, 0.2) is 5.82 Å². The molecule has 1 aromatic carbocycles. The Morgan fingerprint density at radius 2 is 1.82 bits per heavy atom.